The van der Waals surface area contributed by atoms with Crippen molar-refractivity contribution in [3.8, 4) is 0 Å². The Labute approximate surface area is 112 Å². The minimum absolute atomic E-state index is 0.0730. The average molecular weight is 269 g/mol. The Hall–Kier alpha value is -1.46. The van der Waals surface area contributed by atoms with Crippen molar-refractivity contribution in [1.82, 2.24) is 5.32 Å². The van der Waals surface area contributed by atoms with Crippen molar-refractivity contribution in [2.24, 2.45) is 0 Å². The van der Waals surface area contributed by atoms with Crippen molar-refractivity contribution in [3.63, 3.8) is 0 Å². The van der Waals surface area contributed by atoms with Gasteiger partial charge in [0.25, 0.3) is 0 Å². The highest BCUT2D eigenvalue weighted by molar-refractivity contribution is 5.76. The Balaban J connectivity index is 2.46. The number of hydrogen-bond acceptors (Lipinski definition) is 3. The summed E-state index contributed by atoms with van der Waals surface area (Å²) in [5.74, 6) is -0.545. The normalized spacial score (nSPS) is 13.9. The molecule has 1 atom stereocenters. The van der Waals surface area contributed by atoms with Crippen molar-refractivity contribution >= 4 is 5.91 Å². The molecular formula is C14H20FNO3. The van der Waals surface area contributed by atoms with Gasteiger partial charge in [0.05, 0.1) is 13.2 Å². The number of rotatable bonds is 7. The van der Waals surface area contributed by atoms with E-state index < -0.39 is 5.60 Å². The molecule has 1 rings (SSSR count). The molecule has 0 aromatic heterocycles. The summed E-state index contributed by atoms with van der Waals surface area (Å²) >= 11 is 0. The number of carbonyl (C=O) groups excluding carboxylic acids is 1. The van der Waals surface area contributed by atoms with Gasteiger partial charge in [0.1, 0.15) is 11.4 Å². The second-order valence-electron chi connectivity index (χ2n) is 4.50. The van der Waals surface area contributed by atoms with Gasteiger partial charge < -0.3 is 15.2 Å². The van der Waals surface area contributed by atoms with Gasteiger partial charge in [-0.3, -0.25) is 4.79 Å². The van der Waals surface area contributed by atoms with Crippen LogP contribution in [0.1, 0.15) is 25.8 Å². The monoisotopic (exact) mass is 269 g/mol. The van der Waals surface area contributed by atoms with E-state index in [0.717, 1.165) is 0 Å². The number of nitrogens with one attached hydrogen (secondary N) is 1. The predicted molar refractivity (Wildman–Crippen MR) is 70.1 cm³/mol. The molecule has 1 unspecified atom stereocenters. The van der Waals surface area contributed by atoms with Gasteiger partial charge in [-0.25, -0.2) is 4.39 Å². The Morgan fingerprint density at radius 1 is 1.42 bits per heavy atom. The predicted octanol–water partition coefficient (Wildman–Crippen LogP) is 1.58. The third-order valence-electron chi connectivity index (χ3n) is 2.77. The zero-order chi connectivity index (χ0) is 14.3. The molecule has 106 valence electrons. The molecule has 1 aromatic carbocycles. The Bertz CT molecular complexity index is 404. The third-order valence-corrected chi connectivity index (χ3v) is 2.77. The standard InChI is InChI=1S/C14H20FNO3/c1-3-19-9-8-13(17)16-10-14(2,18)11-4-6-12(15)7-5-11/h4-7,18H,3,8-10H2,1-2H3,(H,16,17). The van der Waals surface area contributed by atoms with E-state index in [2.05, 4.69) is 5.32 Å². The molecule has 0 fully saturated rings. The number of aliphatic hydroxyl groups is 1. The van der Waals surface area contributed by atoms with Crippen LogP contribution in [0.25, 0.3) is 0 Å². The van der Waals surface area contributed by atoms with Gasteiger partial charge in [-0.05, 0) is 31.5 Å². The van der Waals surface area contributed by atoms with E-state index in [0.29, 0.717) is 18.8 Å². The minimum atomic E-state index is -1.23. The Kier molecular flexibility index (Phi) is 5.92. The fraction of sp³-hybridized carbons (Fsp3) is 0.500. The van der Waals surface area contributed by atoms with E-state index >= 15 is 0 Å². The largest absolute Gasteiger partial charge is 0.384 e. The SMILES string of the molecule is CCOCCC(=O)NCC(C)(O)c1ccc(F)cc1. The zero-order valence-corrected chi connectivity index (χ0v) is 11.3. The second-order valence-corrected chi connectivity index (χ2v) is 4.50. The molecule has 0 saturated heterocycles. The van der Waals surface area contributed by atoms with Crippen molar-refractivity contribution in [2.75, 3.05) is 19.8 Å². The van der Waals surface area contributed by atoms with Gasteiger partial charge in [0.2, 0.25) is 5.91 Å². The Morgan fingerprint density at radius 3 is 2.63 bits per heavy atom. The molecule has 0 radical (unpaired) electrons. The summed E-state index contributed by atoms with van der Waals surface area (Å²) in [7, 11) is 0. The van der Waals surface area contributed by atoms with E-state index in [9.17, 15) is 14.3 Å². The summed E-state index contributed by atoms with van der Waals surface area (Å²) < 4.78 is 17.9. The lowest BCUT2D eigenvalue weighted by atomic mass is 9.96. The molecule has 1 amide bonds. The first-order chi connectivity index (χ1) is 8.95. The van der Waals surface area contributed by atoms with Crippen LogP contribution in [-0.2, 0) is 15.1 Å². The Morgan fingerprint density at radius 2 is 2.05 bits per heavy atom. The molecule has 0 aliphatic carbocycles. The lowest BCUT2D eigenvalue weighted by Crippen LogP contribution is -2.38. The summed E-state index contributed by atoms with van der Waals surface area (Å²) in [6.07, 6.45) is 0.257. The lowest BCUT2D eigenvalue weighted by molar-refractivity contribution is -0.123. The number of hydrogen-bond donors (Lipinski definition) is 2. The van der Waals surface area contributed by atoms with E-state index in [4.69, 9.17) is 4.74 Å². The van der Waals surface area contributed by atoms with Crippen LogP contribution >= 0.6 is 0 Å². The molecule has 0 aliphatic rings. The number of benzene rings is 1. The molecule has 0 spiro atoms. The van der Waals surface area contributed by atoms with Gasteiger partial charge in [-0.15, -0.1) is 0 Å². The maximum atomic E-state index is 12.8. The van der Waals surface area contributed by atoms with Crippen LogP contribution in [0.4, 0.5) is 4.39 Å². The number of amides is 1. The first-order valence-electron chi connectivity index (χ1n) is 6.28. The fourth-order valence-electron chi connectivity index (χ4n) is 1.58. The molecule has 2 N–H and O–H groups in total. The van der Waals surface area contributed by atoms with Crippen LogP contribution in [0, 0.1) is 5.82 Å². The second kappa shape index (κ2) is 7.21. The van der Waals surface area contributed by atoms with Crippen LogP contribution in [-0.4, -0.2) is 30.8 Å². The smallest absolute Gasteiger partial charge is 0.222 e. The molecule has 0 heterocycles. The molecule has 5 heteroatoms. The van der Waals surface area contributed by atoms with Gasteiger partial charge >= 0.3 is 0 Å². The highest BCUT2D eigenvalue weighted by Crippen LogP contribution is 2.19. The third kappa shape index (κ3) is 5.36. The summed E-state index contributed by atoms with van der Waals surface area (Å²) in [6.45, 7) is 4.44. The van der Waals surface area contributed by atoms with Gasteiger partial charge in [0.15, 0.2) is 0 Å². The fourth-order valence-corrected chi connectivity index (χ4v) is 1.58. The lowest BCUT2D eigenvalue weighted by Gasteiger charge is -2.24. The summed E-state index contributed by atoms with van der Waals surface area (Å²) in [5, 5.41) is 12.9. The highest BCUT2D eigenvalue weighted by Gasteiger charge is 2.23. The zero-order valence-electron chi connectivity index (χ0n) is 11.3. The van der Waals surface area contributed by atoms with Gasteiger partial charge in [-0.2, -0.15) is 0 Å². The minimum Gasteiger partial charge on any atom is -0.384 e. The summed E-state index contributed by atoms with van der Waals surface area (Å²) in [4.78, 5) is 11.5. The van der Waals surface area contributed by atoms with Gasteiger partial charge in [-0.1, -0.05) is 12.1 Å². The quantitative estimate of drug-likeness (QED) is 0.739. The molecule has 0 saturated carbocycles. The maximum absolute atomic E-state index is 12.8. The highest BCUT2D eigenvalue weighted by atomic mass is 19.1. The number of halogens is 1. The van der Waals surface area contributed by atoms with Gasteiger partial charge in [0, 0.05) is 13.0 Å². The van der Waals surface area contributed by atoms with Crippen LogP contribution in [0.5, 0.6) is 0 Å². The topological polar surface area (TPSA) is 58.6 Å². The van der Waals surface area contributed by atoms with Crippen LogP contribution in [0.2, 0.25) is 0 Å². The molecule has 0 bridgehead atoms. The maximum Gasteiger partial charge on any atom is 0.222 e. The summed E-state index contributed by atoms with van der Waals surface area (Å²) in [6, 6.07) is 5.56. The van der Waals surface area contributed by atoms with Crippen LogP contribution in [0.15, 0.2) is 24.3 Å². The van der Waals surface area contributed by atoms with Crippen molar-refractivity contribution < 1.29 is 19.0 Å². The average Bonchev–Trinajstić information content (AvgIpc) is 2.37. The molecular weight excluding hydrogens is 249 g/mol. The van der Waals surface area contributed by atoms with Crippen molar-refractivity contribution in [1.29, 1.82) is 0 Å². The van der Waals surface area contributed by atoms with Crippen molar-refractivity contribution in [2.45, 2.75) is 25.9 Å². The van der Waals surface area contributed by atoms with Crippen molar-refractivity contribution in [3.05, 3.63) is 35.6 Å². The van der Waals surface area contributed by atoms with E-state index in [-0.39, 0.29) is 24.7 Å². The van der Waals surface area contributed by atoms with E-state index in [1.54, 1.807) is 6.92 Å². The number of carbonyl (C=O) groups is 1. The van der Waals surface area contributed by atoms with E-state index in [1.807, 2.05) is 6.92 Å². The first-order valence-corrected chi connectivity index (χ1v) is 6.28. The first kappa shape index (κ1) is 15.6. The molecule has 19 heavy (non-hydrogen) atoms. The van der Waals surface area contributed by atoms with E-state index in [1.165, 1.54) is 24.3 Å². The molecule has 0 aliphatic heterocycles. The molecule has 1 aromatic rings. The van der Waals surface area contributed by atoms with Crippen LogP contribution < -0.4 is 5.32 Å². The number of ether oxygens (including phenoxy) is 1. The molecule has 4 nitrogen and oxygen atoms in total. The van der Waals surface area contributed by atoms with Crippen LogP contribution in [0.3, 0.4) is 0 Å². The summed E-state index contributed by atoms with van der Waals surface area (Å²) in [5.41, 5.74) is -0.673.